The number of methoxy groups -OCH3 is 2. The largest absolute Gasteiger partial charge is 0.493 e. The maximum absolute atomic E-state index is 13.4. The number of benzene rings is 2. The van der Waals surface area contributed by atoms with Crippen LogP contribution in [0, 0.1) is 0 Å². The van der Waals surface area contributed by atoms with E-state index >= 15 is 0 Å². The highest BCUT2D eigenvalue weighted by Gasteiger charge is 2.43. The number of alkyl halides is 1. The van der Waals surface area contributed by atoms with Crippen molar-refractivity contribution in [3.8, 4) is 11.5 Å². The van der Waals surface area contributed by atoms with Gasteiger partial charge in [0.05, 0.1) is 19.7 Å². The third-order valence-electron chi connectivity index (χ3n) is 5.44. The van der Waals surface area contributed by atoms with Crippen LogP contribution in [0.2, 0.25) is 0 Å². The van der Waals surface area contributed by atoms with E-state index in [1.54, 1.807) is 12.1 Å². The molecule has 0 aliphatic rings. The van der Waals surface area contributed by atoms with E-state index in [-0.39, 0.29) is 10.6 Å². The lowest BCUT2D eigenvalue weighted by atomic mass is 9.84. The van der Waals surface area contributed by atoms with E-state index in [0.29, 0.717) is 28.9 Å². The lowest BCUT2D eigenvalue weighted by molar-refractivity contribution is -0.146. The maximum Gasteiger partial charge on any atom is 0.336 e. The highest BCUT2D eigenvalue weighted by atomic mass is 79.9. The van der Waals surface area contributed by atoms with E-state index in [9.17, 15) is 9.59 Å². The number of ether oxygens (including phenoxy) is 3. The first-order valence-electron chi connectivity index (χ1n) is 10.9. The molecule has 2 aromatic carbocycles. The fraction of sp³-hybridized carbons (Fsp3) is 0.360. The summed E-state index contributed by atoms with van der Waals surface area (Å²) in [6.07, 6.45) is 3.63. The second-order valence-electron chi connectivity index (χ2n) is 7.81. The monoisotopic (exact) mass is 529 g/mol. The van der Waals surface area contributed by atoms with Crippen molar-refractivity contribution in [3.05, 3.63) is 54.4 Å². The number of nitrogens with zero attached hydrogens (tertiary/aromatic N) is 2. The molecule has 1 aromatic heterocycles. The van der Waals surface area contributed by atoms with Crippen LogP contribution in [-0.2, 0) is 19.9 Å². The molecule has 0 spiro atoms. The molecule has 2 atom stereocenters. The second-order valence-corrected chi connectivity index (χ2v) is 9.11. The van der Waals surface area contributed by atoms with Crippen molar-refractivity contribution in [2.45, 2.75) is 43.5 Å². The van der Waals surface area contributed by atoms with Crippen LogP contribution in [0.3, 0.4) is 0 Å². The third-order valence-corrected chi connectivity index (χ3v) is 6.22. The Bertz CT molecular complexity index is 1160. The maximum atomic E-state index is 13.4. The molecule has 1 N–H and O–H groups in total. The second kappa shape index (κ2) is 11.3. The Labute approximate surface area is 207 Å². The molecular weight excluding hydrogens is 502 g/mol. The van der Waals surface area contributed by atoms with Crippen molar-refractivity contribution in [1.29, 1.82) is 0 Å². The molecule has 0 saturated heterocycles. The molecule has 0 aliphatic heterocycles. The average molecular weight is 530 g/mol. The van der Waals surface area contributed by atoms with Gasteiger partial charge in [0, 0.05) is 23.2 Å². The Balaban J connectivity index is 2.21. The molecule has 0 saturated carbocycles. The number of nitrogens with one attached hydrogen (secondary N) is 1. The summed E-state index contributed by atoms with van der Waals surface area (Å²) in [7, 11) is 2.85. The number of carbonyl (C=O) groups excluding carboxylic acids is 2. The predicted molar refractivity (Wildman–Crippen MR) is 133 cm³/mol. The van der Waals surface area contributed by atoms with E-state index in [4.69, 9.17) is 14.2 Å². The number of halogens is 1. The van der Waals surface area contributed by atoms with Gasteiger partial charge in [0.15, 0.2) is 17.0 Å². The highest BCUT2D eigenvalue weighted by molar-refractivity contribution is 9.09. The fourth-order valence-corrected chi connectivity index (χ4v) is 4.84. The zero-order chi connectivity index (χ0) is 24.7. The number of anilines is 1. The number of hydrogen-bond acceptors (Lipinski definition) is 8. The van der Waals surface area contributed by atoms with Crippen LogP contribution in [0.5, 0.6) is 11.5 Å². The lowest BCUT2D eigenvalue weighted by Gasteiger charge is -2.35. The van der Waals surface area contributed by atoms with Crippen LogP contribution in [0.25, 0.3) is 10.9 Å². The van der Waals surface area contributed by atoms with E-state index in [2.05, 4.69) is 38.1 Å². The SMILES string of the molecule is CCCC(Br)CC(Nc1ncnc2cc(OC)c(OC(C)=O)cc12)(C(=O)OC)c1ccccc1. The van der Waals surface area contributed by atoms with E-state index in [1.165, 1.54) is 27.5 Å². The number of esters is 2. The summed E-state index contributed by atoms with van der Waals surface area (Å²) in [6, 6.07) is 12.7. The van der Waals surface area contributed by atoms with Gasteiger partial charge >= 0.3 is 11.9 Å². The summed E-state index contributed by atoms with van der Waals surface area (Å²) in [5.74, 6) is 0.0522. The molecule has 3 aromatic rings. The van der Waals surface area contributed by atoms with Gasteiger partial charge in [-0.3, -0.25) is 4.79 Å². The van der Waals surface area contributed by atoms with Crippen LogP contribution < -0.4 is 14.8 Å². The van der Waals surface area contributed by atoms with E-state index in [1.807, 2.05) is 30.3 Å². The summed E-state index contributed by atoms with van der Waals surface area (Å²) in [5, 5.41) is 3.93. The van der Waals surface area contributed by atoms with Crippen molar-refractivity contribution < 1.29 is 23.8 Å². The molecule has 0 bridgehead atoms. The number of carbonyl (C=O) groups is 2. The van der Waals surface area contributed by atoms with Crippen LogP contribution in [0.1, 0.15) is 38.7 Å². The zero-order valence-electron chi connectivity index (χ0n) is 19.6. The van der Waals surface area contributed by atoms with Gasteiger partial charge in [0.2, 0.25) is 0 Å². The Hall–Kier alpha value is -3.20. The molecule has 2 unspecified atom stereocenters. The summed E-state index contributed by atoms with van der Waals surface area (Å²) in [6.45, 7) is 3.40. The number of hydrogen-bond donors (Lipinski definition) is 1. The first kappa shape index (κ1) is 25.4. The molecule has 1 heterocycles. The molecule has 0 fully saturated rings. The van der Waals surface area contributed by atoms with Gasteiger partial charge in [-0.2, -0.15) is 0 Å². The summed E-state index contributed by atoms with van der Waals surface area (Å²) in [5.41, 5.74) is 0.0613. The first-order chi connectivity index (χ1) is 16.3. The minimum atomic E-state index is -1.23. The third kappa shape index (κ3) is 5.47. The van der Waals surface area contributed by atoms with Crippen LogP contribution in [0.15, 0.2) is 48.8 Å². The smallest absolute Gasteiger partial charge is 0.336 e. The summed E-state index contributed by atoms with van der Waals surface area (Å²) in [4.78, 5) is 33.8. The molecule has 0 amide bonds. The van der Waals surface area contributed by atoms with Gasteiger partial charge in [-0.25, -0.2) is 14.8 Å². The fourth-order valence-electron chi connectivity index (χ4n) is 3.90. The summed E-state index contributed by atoms with van der Waals surface area (Å²) < 4.78 is 16.0. The molecule has 34 heavy (non-hydrogen) atoms. The van der Waals surface area contributed by atoms with Gasteiger partial charge in [0.1, 0.15) is 12.1 Å². The molecular formula is C25H28BrN3O5. The number of fused-ring (bicyclic) bond motifs is 1. The molecule has 3 rings (SSSR count). The first-order valence-corrected chi connectivity index (χ1v) is 11.8. The quantitative estimate of drug-likeness (QED) is 0.222. The summed E-state index contributed by atoms with van der Waals surface area (Å²) >= 11 is 3.73. The van der Waals surface area contributed by atoms with Crippen LogP contribution in [-0.4, -0.2) is 41.0 Å². The van der Waals surface area contributed by atoms with Crippen molar-refractivity contribution in [2.24, 2.45) is 0 Å². The van der Waals surface area contributed by atoms with Gasteiger partial charge in [0.25, 0.3) is 0 Å². The topological polar surface area (TPSA) is 99.6 Å². The normalized spacial score (nSPS) is 13.6. The van der Waals surface area contributed by atoms with E-state index < -0.39 is 17.5 Å². The Morgan fingerprint density at radius 2 is 1.85 bits per heavy atom. The standard InChI is InChI=1S/C25H28BrN3O5/c1-5-9-18(26)14-25(24(31)33-4,17-10-7-6-8-11-17)29-23-19-12-22(34-16(2)30)21(32-3)13-20(19)27-15-28-23/h6-8,10-13,15,18H,5,9,14H2,1-4H3,(H,27,28,29). The molecule has 9 heteroatoms. The van der Waals surface area contributed by atoms with Crippen molar-refractivity contribution in [2.75, 3.05) is 19.5 Å². The Morgan fingerprint density at radius 3 is 2.47 bits per heavy atom. The van der Waals surface area contributed by atoms with Gasteiger partial charge < -0.3 is 19.5 Å². The number of aromatic nitrogens is 2. The minimum absolute atomic E-state index is 0.0362. The molecule has 8 nitrogen and oxygen atoms in total. The van der Waals surface area contributed by atoms with Gasteiger partial charge in [-0.1, -0.05) is 59.6 Å². The molecule has 0 radical (unpaired) electrons. The van der Waals surface area contributed by atoms with Crippen molar-refractivity contribution in [1.82, 2.24) is 9.97 Å². The predicted octanol–water partition coefficient (Wildman–Crippen LogP) is 5.00. The van der Waals surface area contributed by atoms with Crippen LogP contribution >= 0.6 is 15.9 Å². The van der Waals surface area contributed by atoms with E-state index in [0.717, 1.165) is 18.4 Å². The molecule has 180 valence electrons. The Kier molecular flexibility index (Phi) is 8.44. The van der Waals surface area contributed by atoms with Crippen molar-refractivity contribution in [3.63, 3.8) is 0 Å². The van der Waals surface area contributed by atoms with Gasteiger partial charge in [-0.05, 0) is 24.5 Å². The minimum Gasteiger partial charge on any atom is -0.493 e. The van der Waals surface area contributed by atoms with Crippen LogP contribution in [0.4, 0.5) is 5.82 Å². The average Bonchev–Trinajstić information content (AvgIpc) is 2.83. The highest BCUT2D eigenvalue weighted by Crippen LogP contribution is 2.39. The number of rotatable bonds is 10. The van der Waals surface area contributed by atoms with Crippen molar-refractivity contribution >= 4 is 44.6 Å². The Morgan fingerprint density at radius 1 is 1.12 bits per heavy atom. The zero-order valence-corrected chi connectivity index (χ0v) is 21.2. The lowest BCUT2D eigenvalue weighted by Crippen LogP contribution is -2.46. The molecule has 0 aliphatic carbocycles. The van der Waals surface area contributed by atoms with Gasteiger partial charge in [-0.15, -0.1) is 0 Å².